The average molecular weight is 244 g/mol. The highest BCUT2D eigenvalue weighted by Crippen LogP contribution is 2.25. The summed E-state index contributed by atoms with van der Waals surface area (Å²) >= 11 is 0. The van der Waals surface area contributed by atoms with Crippen LogP contribution in [0.25, 0.3) is 0 Å². The van der Waals surface area contributed by atoms with E-state index in [0.29, 0.717) is 19.5 Å². The van der Waals surface area contributed by atoms with Crippen molar-refractivity contribution in [2.75, 3.05) is 13.1 Å². The zero-order valence-corrected chi connectivity index (χ0v) is 11.6. The van der Waals surface area contributed by atoms with Crippen molar-refractivity contribution < 1.29 is 9.90 Å². The molecule has 0 spiro atoms. The molecule has 102 valence electrons. The van der Waals surface area contributed by atoms with Gasteiger partial charge >= 0.3 is 0 Å². The van der Waals surface area contributed by atoms with Crippen LogP contribution in [0.1, 0.15) is 47.0 Å². The van der Waals surface area contributed by atoms with Gasteiger partial charge in [0.15, 0.2) is 0 Å². The van der Waals surface area contributed by atoms with Gasteiger partial charge in [0.25, 0.3) is 0 Å². The zero-order chi connectivity index (χ0) is 13.5. The fourth-order valence-corrected chi connectivity index (χ4v) is 1.51. The third-order valence-corrected chi connectivity index (χ3v) is 3.13. The molecule has 0 aliphatic carbocycles. The largest absolute Gasteiger partial charge is 0.391 e. The van der Waals surface area contributed by atoms with Crippen LogP contribution in [0.3, 0.4) is 0 Å². The van der Waals surface area contributed by atoms with Gasteiger partial charge in [-0.15, -0.1) is 0 Å². The molecule has 0 aromatic heterocycles. The van der Waals surface area contributed by atoms with E-state index in [4.69, 9.17) is 5.73 Å². The van der Waals surface area contributed by atoms with E-state index in [1.165, 1.54) is 0 Å². The van der Waals surface area contributed by atoms with Crippen LogP contribution in [0.15, 0.2) is 0 Å². The monoisotopic (exact) mass is 244 g/mol. The van der Waals surface area contributed by atoms with Crippen molar-refractivity contribution in [1.82, 2.24) is 5.32 Å². The Kier molecular flexibility index (Phi) is 7.39. The van der Waals surface area contributed by atoms with Crippen molar-refractivity contribution in [1.29, 1.82) is 0 Å². The second-order valence-electron chi connectivity index (χ2n) is 5.82. The minimum Gasteiger partial charge on any atom is -0.391 e. The number of aliphatic hydroxyl groups excluding tert-OH is 1. The van der Waals surface area contributed by atoms with Crippen LogP contribution in [0.4, 0.5) is 0 Å². The predicted molar refractivity (Wildman–Crippen MR) is 70.5 cm³/mol. The number of amides is 1. The molecule has 0 rings (SSSR count). The van der Waals surface area contributed by atoms with Gasteiger partial charge in [-0.25, -0.2) is 0 Å². The van der Waals surface area contributed by atoms with E-state index in [9.17, 15) is 9.90 Å². The Morgan fingerprint density at radius 2 is 1.94 bits per heavy atom. The van der Waals surface area contributed by atoms with Gasteiger partial charge in [-0.1, -0.05) is 27.7 Å². The summed E-state index contributed by atoms with van der Waals surface area (Å²) in [5.41, 5.74) is 5.63. The molecule has 1 atom stereocenters. The second kappa shape index (κ2) is 7.67. The van der Waals surface area contributed by atoms with Gasteiger partial charge in [0.05, 0.1) is 6.10 Å². The van der Waals surface area contributed by atoms with Crippen molar-refractivity contribution in [3.8, 4) is 0 Å². The lowest BCUT2D eigenvalue weighted by Gasteiger charge is -2.23. The summed E-state index contributed by atoms with van der Waals surface area (Å²) < 4.78 is 0. The molecular weight excluding hydrogens is 216 g/mol. The lowest BCUT2D eigenvalue weighted by molar-refractivity contribution is -0.122. The fourth-order valence-electron chi connectivity index (χ4n) is 1.51. The van der Waals surface area contributed by atoms with Crippen LogP contribution in [-0.2, 0) is 4.79 Å². The average Bonchev–Trinajstić information content (AvgIpc) is 2.22. The first kappa shape index (κ1) is 16.4. The first-order valence-electron chi connectivity index (χ1n) is 6.43. The minimum atomic E-state index is -0.462. The molecule has 4 heteroatoms. The molecule has 0 fully saturated rings. The number of hydrogen-bond donors (Lipinski definition) is 3. The van der Waals surface area contributed by atoms with Crippen molar-refractivity contribution in [2.45, 2.75) is 53.1 Å². The van der Waals surface area contributed by atoms with Gasteiger partial charge in [-0.2, -0.15) is 0 Å². The number of nitrogens with one attached hydrogen (secondary N) is 1. The first-order chi connectivity index (χ1) is 7.78. The third kappa shape index (κ3) is 8.16. The lowest BCUT2D eigenvalue weighted by Crippen LogP contribution is -2.35. The van der Waals surface area contributed by atoms with Gasteiger partial charge in [-0.05, 0) is 30.7 Å². The quantitative estimate of drug-likeness (QED) is 0.602. The third-order valence-electron chi connectivity index (χ3n) is 3.13. The molecule has 17 heavy (non-hydrogen) atoms. The maximum absolute atomic E-state index is 11.6. The summed E-state index contributed by atoms with van der Waals surface area (Å²) in [7, 11) is 0. The predicted octanol–water partition coefficient (Wildman–Crippen LogP) is 1.27. The van der Waals surface area contributed by atoms with Crippen molar-refractivity contribution in [3.05, 3.63) is 0 Å². The van der Waals surface area contributed by atoms with E-state index in [-0.39, 0.29) is 17.2 Å². The Balaban J connectivity index is 3.80. The van der Waals surface area contributed by atoms with Crippen LogP contribution in [0, 0.1) is 11.3 Å². The van der Waals surface area contributed by atoms with Gasteiger partial charge < -0.3 is 16.2 Å². The molecule has 0 heterocycles. The van der Waals surface area contributed by atoms with E-state index >= 15 is 0 Å². The molecule has 0 aromatic carbocycles. The minimum absolute atomic E-state index is 0.00907. The Hall–Kier alpha value is -0.610. The summed E-state index contributed by atoms with van der Waals surface area (Å²) in [6, 6.07) is 0. The number of rotatable bonds is 8. The highest BCUT2D eigenvalue weighted by Gasteiger charge is 2.18. The molecule has 0 saturated carbocycles. The molecule has 0 aliphatic rings. The van der Waals surface area contributed by atoms with E-state index in [1.807, 2.05) is 13.8 Å². The zero-order valence-electron chi connectivity index (χ0n) is 11.6. The summed E-state index contributed by atoms with van der Waals surface area (Å²) in [5.74, 6) is 0.179. The van der Waals surface area contributed by atoms with Crippen molar-refractivity contribution in [2.24, 2.45) is 17.1 Å². The van der Waals surface area contributed by atoms with Gasteiger partial charge in [-0.3, -0.25) is 4.79 Å². The topological polar surface area (TPSA) is 75.3 Å². The van der Waals surface area contributed by atoms with E-state index in [1.54, 1.807) is 0 Å². The number of aliphatic hydroxyl groups is 1. The molecule has 0 aliphatic heterocycles. The molecule has 0 saturated heterocycles. The highest BCUT2D eigenvalue weighted by molar-refractivity contribution is 5.75. The number of carbonyl (C=O) groups is 1. The molecule has 1 amide bonds. The highest BCUT2D eigenvalue weighted by atomic mass is 16.3. The van der Waals surface area contributed by atoms with E-state index < -0.39 is 6.10 Å². The molecule has 0 radical (unpaired) electrons. The number of carbonyl (C=O) groups excluding carboxylic acids is 1. The first-order valence-corrected chi connectivity index (χ1v) is 6.43. The Morgan fingerprint density at radius 3 is 2.41 bits per heavy atom. The van der Waals surface area contributed by atoms with Crippen LogP contribution in [-0.4, -0.2) is 30.2 Å². The summed E-state index contributed by atoms with van der Waals surface area (Å²) in [6.45, 7) is 9.10. The van der Waals surface area contributed by atoms with Crippen molar-refractivity contribution >= 4 is 5.91 Å². The molecular formula is C13H28N2O2. The summed E-state index contributed by atoms with van der Waals surface area (Å²) in [6.07, 6.45) is 1.79. The molecule has 4 N–H and O–H groups in total. The Labute approximate surface area is 105 Å². The fraction of sp³-hybridized carbons (Fsp3) is 0.923. The van der Waals surface area contributed by atoms with Gasteiger partial charge in [0, 0.05) is 13.0 Å². The molecule has 0 bridgehead atoms. The summed E-state index contributed by atoms with van der Waals surface area (Å²) in [4.78, 5) is 11.6. The maximum Gasteiger partial charge on any atom is 0.220 e. The second-order valence-corrected chi connectivity index (χ2v) is 5.82. The van der Waals surface area contributed by atoms with Crippen molar-refractivity contribution in [3.63, 3.8) is 0 Å². The maximum atomic E-state index is 11.6. The van der Waals surface area contributed by atoms with Gasteiger partial charge in [0.1, 0.15) is 0 Å². The van der Waals surface area contributed by atoms with Gasteiger partial charge in [0.2, 0.25) is 5.91 Å². The van der Waals surface area contributed by atoms with Crippen LogP contribution in [0.5, 0.6) is 0 Å². The SMILES string of the molecule is CC(C)C(O)CNC(=O)CCC(C)(C)CCN. The van der Waals surface area contributed by atoms with E-state index in [2.05, 4.69) is 19.2 Å². The van der Waals surface area contributed by atoms with Crippen LogP contribution >= 0.6 is 0 Å². The lowest BCUT2D eigenvalue weighted by atomic mass is 9.84. The number of hydrogen-bond acceptors (Lipinski definition) is 3. The Bertz CT molecular complexity index is 227. The van der Waals surface area contributed by atoms with E-state index in [0.717, 1.165) is 12.8 Å². The normalized spacial score (nSPS) is 13.8. The number of nitrogens with two attached hydrogens (primary N) is 1. The molecule has 4 nitrogen and oxygen atoms in total. The molecule has 1 unspecified atom stereocenters. The standard InChI is InChI=1S/C13H28N2O2/c1-10(2)11(16)9-15-12(17)5-6-13(3,4)7-8-14/h10-11,16H,5-9,14H2,1-4H3,(H,15,17). The smallest absolute Gasteiger partial charge is 0.220 e. The molecule has 0 aromatic rings. The summed E-state index contributed by atoms with van der Waals surface area (Å²) in [5, 5.41) is 12.3. The van der Waals surface area contributed by atoms with Crippen LogP contribution < -0.4 is 11.1 Å². The Morgan fingerprint density at radius 1 is 1.35 bits per heavy atom. The van der Waals surface area contributed by atoms with Crippen LogP contribution in [0.2, 0.25) is 0 Å².